The Morgan fingerprint density at radius 2 is 1.50 bits per heavy atom. The maximum atomic E-state index is 9.04. The lowest BCUT2D eigenvalue weighted by Crippen LogP contribution is -2.27. The molecule has 0 aromatic carbocycles. The molecule has 2 N–H and O–H groups in total. The van der Waals surface area contributed by atoms with Crippen LogP contribution < -0.4 is 5.32 Å². The van der Waals surface area contributed by atoms with Crippen molar-refractivity contribution in [1.82, 2.24) is 5.32 Å². The molecular formula is C19H38N2O. The fourth-order valence-electron chi connectivity index (χ4n) is 3.32. The second-order valence-corrected chi connectivity index (χ2v) is 6.73. The van der Waals surface area contributed by atoms with Gasteiger partial charge in [-0.2, -0.15) is 0 Å². The number of aliphatic hydroxyl groups is 1. The molecule has 22 heavy (non-hydrogen) atoms. The molecule has 1 atom stereocenters. The van der Waals surface area contributed by atoms with Crippen LogP contribution in [0.4, 0.5) is 0 Å². The molecule has 1 heterocycles. The van der Waals surface area contributed by atoms with Crippen molar-refractivity contribution in [2.45, 2.75) is 90.4 Å². The molecule has 0 saturated carbocycles. The van der Waals surface area contributed by atoms with E-state index in [9.17, 15) is 0 Å². The first kappa shape index (κ1) is 19.5. The van der Waals surface area contributed by atoms with Gasteiger partial charge in [0.1, 0.15) is 0 Å². The van der Waals surface area contributed by atoms with Crippen LogP contribution in [0, 0.1) is 5.92 Å². The molecule has 130 valence electrons. The highest BCUT2D eigenvalue weighted by Crippen LogP contribution is 2.19. The van der Waals surface area contributed by atoms with Gasteiger partial charge in [0.05, 0.1) is 12.4 Å². The highest BCUT2D eigenvalue weighted by molar-refractivity contribution is 5.85. The van der Waals surface area contributed by atoms with Crippen LogP contribution >= 0.6 is 0 Å². The fourth-order valence-corrected chi connectivity index (χ4v) is 3.32. The zero-order chi connectivity index (χ0) is 15.9. The van der Waals surface area contributed by atoms with Crippen molar-refractivity contribution >= 4 is 5.84 Å². The Bertz CT molecular complexity index is 279. The number of rotatable bonds is 15. The second kappa shape index (κ2) is 14.0. The molecular weight excluding hydrogens is 272 g/mol. The predicted octanol–water partition coefficient (Wildman–Crippen LogP) is 4.69. The van der Waals surface area contributed by atoms with Crippen LogP contribution in [-0.4, -0.2) is 30.6 Å². The number of hydrogen-bond acceptors (Lipinski definition) is 3. The lowest BCUT2D eigenvalue weighted by molar-refractivity contribution is 0.276. The van der Waals surface area contributed by atoms with E-state index < -0.39 is 0 Å². The van der Waals surface area contributed by atoms with E-state index in [1.807, 2.05) is 0 Å². The van der Waals surface area contributed by atoms with Gasteiger partial charge in [-0.1, -0.05) is 71.1 Å². The minimum Gasteiger partial charge on any atom is -0.396 e. The Morgan fingerprint density at radius 1 is 0.909 bits per heavy atom. The molecule has 0 aliphatic carbocycles. The highest BCUT2D eigenvalue weighted by atomic mass is 16.2. The summed E-state index contributed by atoms with van der Waals surface area (Å²) in [6, 6.07) is 0. The summed E-state index contributed by atoms with van der Waals surface area (Å²) in [5.74, 6) is 1.77. The van der Waals surface area contributed by atoms with Crippen molar-refractivity contribution in [2.24, 2.45) is 10.9 Å². The van der Waals surface area contributed by atoms with Crippen LogP contribution in [0.5, 0.6) is 0 Å². The molecule has 0 saturated heterocycles. The smallest absolute Gasteiger partial charge is 0.0995 e. The van der Waals surface area contributed by atoms with Crippen LogP contribution in [0.1, 0.15) is 90.4 Å². The number of unbranched alkanes of at least 4 members (excludes halogenated alkanes) is 9. The molecule has 1 aliphatic rings. The standard InChI is InChI=1S/C19H38N2O/c1-2-3-4-5-6-7-8-9-10-11-13-18(14-12-17-22)19-20-15-16-21-19/h18,22H,2-17H2,1H3,(H,20,21). The van der Waals surface area contributed by atoms with E-state index in [1.54, 1.807) is 0 Å². The zero-order valence-corrected chi connectivity index (χ0v) is 14.8. The van der Waals surface area contributed by atoms with Gasteiger partial charge >= 0.3 is 0 Å². The number of aliphatic hydroxyl groups excluding tert-OH is 1. The third-order valence-corrected chi connectivity index (χ3v) is 4.70. The van der Waals surface area contributed by atoms with E-state index in [4.69, 9.17) is 5.11 Å². The van der Waals surface area contributed by atoms with Gasteiger partial charge in [-0.25, -0.2) is 0 Å². The average Bonchev–Trinajstić information content (AvgIpc) is 3.06. The topological polar surface area (TPSA) is 44.6 Å². The normalized spacial score (nSPS) is 15.6. The SMILES string of the molecule is CCCCCCCCCCCCC(CCCO)C1=NCCN1. The van der Waals surface area contributed by atoms with Gasteiger partial charge in [-0.3, -0.25) is 4.99 Å². The summed E-state index contributed by atoms with van der Waals surface area (Å²) in [5.41, 5.74) is 0. The molecule has 0 amide bonds. The monoisotopic (exact) mass is 310 g/mol. The Balaban J connectivity index is 1.98. The summed E-state index contributed by atoms with van der Waals surface area (Å²) < 4.78 is 0. The first-order valence-electron chi connectivity index (χ1n) is 9.77. The third kappa shape index (κ3) is 9.45. The second-order valence-electron chi connectivity index (χ2n) is 6.73. The summed E-state index contributed by atoms with van der Waals surface area (Å²) in [4.78, 5) is 4.58. The van der Waals surface area contributed by atoms with Crippen LogP contribution in [-0.2, 0) is 0 Å². The molecule has 1 aliphatic heterocycles. The maximum absolute atomic E-state index is 9.04. The molecule has 1 rings (SSSR count). The summed E-state index contributed by atoms with van der Waals surface area (Å²) in [5, 5.41) is 12.5. The van der Waals surface area contributed by atoms with E-state index in [0.29, 0.717) is 12.5 Å². The van der Waals surface area contributed by atoms with Crippen molar-refractivity contribution in [1.29, 1.82) is 0 Å². The van der Waals surface area contributed by atoms with Gasteiger partial charge in [0.15, 0.2) is 0 Å². The van der Waals surface area contributed by atoms with E-state index in [-0.39, 0.29) is 0 Å². The molecule has 1 unspecified atom stereocenters. The minimum absolute atomic E-state index is 0.307. The van der Waals surface area contributed by atoms with E-state index in [0.717, 1.165) is 25.9 Å². The van der Waals surface area contributed by atoms with Gasteiger partial charge in [0.25, 0.3) is 0 Å². The Hall–Kier alpha value is -0.570. The lowest BCUT2D eigenvalue weighted by atomic mass is 9.94. The molecule has 0 radical (unpaired) electrons. The van der Waals surface area contributed by atoms with Crippen molar-refractivity contribution in [3.63, 3.8) is 0 Å². The van der Waals surface area contributed by atoms with Gasteiger partial charge in [-0.05, 0) is 19.3 Å². The minimum atomic E-state index is 0.307. The molecule has 0 aromatic heterocycles. The third-order valence-electron chi connectivity index (χ3n) is 4.70. The summed E-state index contributed by atoms with van der Waals surface area (Å²) >= 11 is 0. The lowest BCUT2D eigenvalue weighted by Gasteiger charge is -2.17. The molecule has 0 bridgehead atoms. The number of nitrogens with zero attached hydrogens (tertiary/aromatic N) is 1. The molecule has 3 heteroatoms. The first-order valence-corrected chi connectivity index (χ1v) is 9.77. The van der Waals surface area contributed by atoms with Crippen LogP contribution in [0.15, 0.2) is 4.99 Å². The number of aliphatic imine (C=N–C) groups is 1. The van der Waals surface area contributed by atoms with E-state index in [1.165, 1.54) is 76.5 Å². The van der Waals surface area contributed by atoms with Gasteiger partial charge in [0, 0.05) is 19.1 Å². The molecule has 0 aromatic rings. The maximum Gasteiger partial charge on any atom is 0.0995 e. The van der Waals surface area contributed by atoms with E-state index in [2.05, 4.69) is 17.2 Å². The average molecular weight is 311 g/mol. The molecule has 3 nitrogen and oxygen atoms in total. The van der Waals surface area contributed by atoms with E-state index >= 15 is 0 Å². The van der Waals surface area contributed by atoms with Crippen LogP contribution in [0.3, 0.4) is 0 Å². The Kier molecular flexibility index (Phi) is 12.4. The quantitative estimate of drug-likeness (QED) is 0.431. The number of amidine groups is 1. The van der Waals surface area contributed by atoms with Crippen LogP contribution in [0.2, 0.25) is 0 Å². The van der Waals surface area contributed by atoms with Gasteiger partial charge in [-0.15, -0.1) is 0 Å². The van der Waals surface area contributed by atoms with Gasteiger partial charge < -0.3 is 10.4 Å². The summed E-state index contributed by atoms with van der Waals surface area (Å²) in [7, 11) is 0. The fraction of sp³-hybridized carbons (Fsp3) is 0.947. The summed E-state index contributed by atoms with van der Waals surface area (Å²) in [6.45, 7) is 4.52. The number of nitrogens with one attached hydrogen (secondary N) is 1. The molecule has 0 fully saturated rings. The van der Waals surface area contributed by atoms with Crippen molar-refractivity contribution in [3.8, 4) is 0 Å². The van der Waals surface area contributed by atoms with Crippen molar-refractivity contribution in [3.05, 3.63) is 0 Å². The Labute approximate surface area is 138 Å². The zero-order valence-electron chi connectivity index (χ0n) is 14.8. The van der Waals surface area contributed by atoms with Crippen LogP contribution in [0.25, 0.3) is 0 Å². The number of hydrogen-bond donors (Lipinski definition) is 2. The largest absolute Gasteiger partial charge is 0.396 e. The van der Waals surface area contributed by atoms with Crippen molar-refractivity contribution in [2.75, 3.05) is 19.7 Å². The van der Waals surface area contributed by atoms with Gasteiger partial charge in [0.2, 0.25) is 0 Å². The predicted molar refractivity (Wildman–Crippen MR) is 96.6 cm³/mol. The van der Waals surface area contributed by atoms with Crippen molar-refractivity contribution < 1.29 is 5.11 Å². The Morgan fingerprint density at radius 3 is 2.05 bits per heavy atom. The highest BCUT2D eigenvalue weighted by Gasteiger charge is 2.17. The first-order chi connectivity index (χ1) is 10.9. The summed E-state index contributed by atoms with van der Waals surface area (Å²) in [6.07, 6.45) is 17.2. The molecule has 0 spiro atoms.